The van der Waals surface area contributed by atoms with Crippen molar-refractivity contribution in [3.05, 3.63) is 94.6 Å². The molecule has 0 amide bonds. The first-order valence-electron chi connectivity index (χ1n) is 12.3. The average molecular weight is 682 g/mol. The smallest absolute Gasteiger partial charge is 0.416 e. The van der Waals surface area contributed by atoms with Gasteiger partial charge in [-0.15, -0.1) is 0 Å². The van der Waals surface area contributed by atoms with Gasteiger partial charge < -0.3 is 25.4 Å². The van der Waals surface area contributed by atoms with Crippen LogP contribution >= 0.6 is 0 Å². The number of rotatable bonds is 4. The zero-order chi connectivity index (χ0) is 29.7. The van der Waals surface area contributed by atoms with Crippen LogP contribution in [0, 0.1) is 0 Å². The molecule has 5 heterocycles. The summed E-state index contributed by atoms with van der Waals surface area (Å²) in [4.78, 5) is 62.7. The van der Waals surface area contributed by atoms with E-state index in [2.05, 4.69) is 15.0 Å². The molecule has 0 atom stereocenters. The Morgan fingerprint density at radius 1 is 0.705 bits per heavy atom. The van der Waals surface area contributed by atoms with Crippen LogP contribution < -0.4 is 0 Å². The fourth-order valence-corrected chi connectivity index (χ4v) is 5.06. The van der Waals surface area contributed by atoms with Crippen LogP contribution in [0.2, 0.25) is 0 Å². The second kappa shape index (κ2) is 12.2. The van der Waals surface area contributed by atoms with Gasteiger partial charge >= 0.3 is 24.0 Å². The van der Waals surface area contributed by atoms with E-state index in [1.54, 1.807) is 60.7 Å². The van der Waals surface area contributed by atoms with Gasteiger partial charge in [0.1, 0.15) is 5.56 Å². The Hall–Kier alpha value is -5.26. The maximum Gasteiger partial charge on any atom is 0.416 e. The van der Waals surface area contributed by atoms with E-state index in [-0.39, 0.29) is 62.2 Å². The molecule has 2 aliphatic heterocycles. The molecule has 0 aliphatic carbocycles. The summed E-state index contributed by atoms with van der Waals surface area (Å²) in [5.41, 5.74) is -1.49. The summed E-state index contributed by atoms with van der Waals surface area (Å²) < 4.78 is 0.527. The van der Waals surface area contributed by atoms with E-state index >= 15 is 0 Å². The number of aromatic nitrogens is 4. The molecule has 5 N–H and O–H groups in total. The van der Waals surface area contributed by atoms with Crippen molar-refractivity contribution < 1.29 is 73.7 Å². The van der Waals surface area contributed by atoms with Crippen molar-refractivity contribution in [2.75, 3.05) is 0 Å². The van der Waals surface area contributed by atoms with E-state index in [1.807, 2.05) is 0 Å². The van der Waals surface area contributed by atoms with Crippen LogP contribution in [-0.2, 0) is 38.9 Å². The number of fused-ring (bicyclic) bond motifs is 8. The Bertz CT molecular complexity index is 2120. The normalized spacial score (nSPS) is 11.6. The van der Waals surface area contributed by atoms with Crippen molar-refractivity contribution in [2.45, 2.75) is 0 Å². The number of aromatic carboxylic acids is 2. The quantitative estimate of drug-likeness (QED) is 0.158. The zero-order valence-electron chi connectivity index (χ0n) is 21.9. The third kappa shape index (κ3) is 5.46. The van der Waals surface area contributed by atoms with Gasteiger partial charge in [-0.25, -0.2) is 33.7 Å². The number of carboxylic acids is 3. The van der Waals surface area contributed by atoms with Crippen LogP contribution in [0.15, 0.2) is 60.7 Å². The summed E-state index contributed by atoms with van der Waals surface area (Å²) in [7, 11) is 0. The van der Waals surface area contributed by atoms with Crippen molar-refractivity contribution in [1.82, 2.24) is 19.5 Å². The number of nitrogens with zero attached hydrogens (tertiary/aromatic N) is 3. The fraction of sp³-hybridized carbons (Fsp3) is 0. The maximum atomic E-state index is 12.9. The predicted octanol–water partition coefficient (Wildman–Crippen LogP) is 5.17. The Balaban J connectivity index is 0.00000221. The number of aromatic amines is 1. The van der Waals surface area contributed by atoms with Gasteiger partial charge in [-0.3, -0.25) is 0 Å². The molecule has 1 radical (unpaired) electrons. The molecule has 6 rings (SSSR count). The zero-order valence-corrected chi connectivity index (χ0v) is 24.0. The van der Waals surface area contributed by atoms with E-state index in [9.17, 15) is 39.6 Å². The number of aliphatic carboxylic acids is 1. The van der Waals surface area contributed by atoms with Gasteiger partial charge in [-0.1, -0.05) is 30.3 Å². The molecule has 3 aromatic heterocycles. The standard InChI is InChI=1S/C30H18N4O8.Cu.Fe/c35-27(36)20-12-19-11-17-7-6-15(31-17)10-16-8-9-18(32-16)13-21-22(14-4-2-1-3-5-14)23(28(37)38)26(34(21)30(41)42)24(29(39)40)25(20)33-19;;/h1-13,31H,(H,35,36)(H,37,38)(H,39,40)(H,41,42);;. The number of carbonyl (C=O) groups is 4. The van der Waals surface area contributed by atoms with Crippen LogP contribution in [0.3, 0.4) is 0 Å². The molecule has 4 aromatic rings. The van der Waals surface area contributed by atoms with E-state index in [1.165, 1.54) is 12.1 Å². The minimum absolute atomic E-state index is 0. The molecule has 12 nitrogen and oxygen atoms in total. The van der Waals surface area contributed by atoms with Crippen molar-refractivity contribution in [3.63, 3.8) is 0 Å². The predicted molar refractivity (Wildman–Crippen MR) is 152 cm³/mol. The minimum Gasteiger partial charge on any atom is -0.478 e. The van der Waals surface area contributed by atoms with Crippen LogP contribution in [0.25, 0.3) is 57.0 Å². The van der Waals surface area contributed by atoms with Gasteiger partial charge in [0.2, 0.25) is 0 Å². The summed E-state index contributed by atoms with van der Waals surface area (Å²) in [5, 5.41) is 41.3. The van der Waals surface area contributed by atoms with Crippen LogP contribution in [-0.4, -0.2) is 63.9 Å². The van der Waals surface area contributed by atoms with Crippen molar-refractivity contribution in [3.8, 4) is 11.1 Å². The first-order chi connectivity index (χ1) is 20.1. The molecular formula is C30H18CuFeN4O8. The van der Waals surface area contributed by atoms with Gasteiger partial charge in [0.05, 0.1) is 44.9 Å². The average Bonchev–Trinajstić information content (AvgIpc) is 3.71. The topological polar surface area (TPSA) is 196 Å². The van der Waals surface area contributed by atoms with Crippen molar-refractivity contribution >= 4 is 69.9 Å². The molecule has 8 bridgehead atoms. The monoisotopic (exact) mass is 681 g/mol. The van der Waals surface area contributed by atoms with E-state index in [4.69, 9.17) is 0 Å². The number of hydrogen-bond donors (Lipinski definition) is 5. The number of nitrogens with one attached hydrogen (secondary N) is 1. The first-order valence-corrected chi connectivity index (χ1v) is 12.3. The number of hydrogen-bond acceptors (Lipinski definition) is 6. The second-order valence-electron chi connectivity index (χ2n) is 9.30. The Kier molecular flexibility index (Phi) is 8.75. The molecule has 0 saturated heterocycles. The van der Waals surface area contributed by atoms with E-state index < -0.39 is 51.9 Å². The van der Waals surface area contributed by atoms with Gasteiger partial charge in [0, 0.05) is 50.7 Å². The Morgan fingerprint density at radius 2 is 1.30 bits per heavy atom. The Morgan fingerprint density at radius 3 is 1.86 bits per heavy atom. The summed E-state index contributed by atoms with van der Waals surface area (Å²) in [5.74, 6) is -4.95. The van der Waals surface area contributed by atoms with Crippen molar-refractivity contribution in [2.24, 2.45) is 0 Å². The largest absolute Gasteiger partial charge is 0.478 e. The minimum atomic E-state index is -1.78. The number of carboxylic acid groups (broad SMARTS) is 4. The van der Waals surface area contributed by atoms with Crippen LogP contribution in [0.5, 0.6) is 0 Å². The van der Waals surface area contributed by atoms with Gasteiger partial charge in [0.15, 0.2) is 0 Å². The van der Waals surface area contributed by atoms with Crippen molar-refractivity contribution in [1.29, 1.82) is 0 Å². The molecule has 2 aliphatic rings. The molecule has 0 fully saturated rings. The Labute approximate surface area is 268 Å². The number of H-pyrrole nitrogens is 1. The second-order valence-corrected chi connectivity index (χ2v) is 9.30. The molecule has 0 spiro atoms. The molecule has 0 unspecified atom stereocenters. The van der Waals surface area contributed by atoms with Gasteiger partial charge in [-0.05, 0) is 54.1 Å². The number of benzene rings is 1. The van der Waals surface area contributed by atoms with E-state index in [0.29, 0.717) is 21.3 Å². The molecule has 1 aromatic carbocycles. The maximum absolute atomic E-state index is 12.9. The third-order valence-corrected chi connectivity index (χ3v) is 6.69. The SMILES string of the molecule is O=C(O)C1=Cc2cc3ccc(cc4nc(cc5c(-c6ccccc6)c(C(=O)O)c(c(C(=O)O)c1n2)n5C(=O)O)C=C4)[nH]3.[Cu].[Fe]. The molecule has 44 heavy (non-hydrogen) atoms. The summed E-state index contributed by atoms with van der Waals surface area (Å²) >= 11 is 0. The fourth-order valence-electron chi connectivity index (χ4n) is 5.06. The van der Waals surface area contributed by atoms with Gasteiger partial charge in [-0.2, -0.15) is 0 Å². The molecule has 225 valence electrons. The molecular weight excluding hydrogens is 664 g/mol. The molecule has 14 heteroatoms. The molecule has 0 saturated carbocycles. The van der Waals surface area contributed by atoms with Crippen LogP contribution in [0.4, 0.5) is 4.79 Å². The summed E-state index contributed by atoms with van der Waals surface area (Å²) in [6.07, 6.45) is 2.71. The van der Waals surface area contributed by atoms with Gasteiger partial charge in [0.25, 0.3) is 0 Å². The third-order valence-electron chi connectivity index (χ3n) is 6.69. The summed E-state index contributed by atoms with van der Waals surface area (Å²) in [6, 6.07) is 16.0. The first kappa shape index (κ1) is 31.7. The summed E-state index contributed by atoms with van der Waals surface area (Å²) in [6.45, 7) is 0. The van der Waals surface area contributed by atoms with E-state index in [0.717, 1.165) is 6.08 Å². The van der Waals surface area contributed by atoms with Crippen LogP contribution in [0.1, 0.15) is 43.5 Å².